The molecule has 0 aliphatic heterocycles. The molecular weight excluding hydrogens is 388 g/mol. The van der Waals surface area contributed by atoms with Gasteiger partial charge < -0.3 is 9.88 Å². The molecule has 0 aliphatic rings. The number of ketones is 1. The maximum atomic E-state index is 12.9. The molecule has 0 spiro atoms. The molecule has 4 rings (SSSR count). The van der Waals surface area contributed by atoms with Crippen LogP contribution in [0.2, 0.25) is 0 Å². The molecule has 3 aromatic carbocycles. The van der Waals surface area contributed by atoms with Crippen LogP contribution in [0.5, 0.6) is 0 Å². The number of fused-ring (bicyclic) bond motifs is 1. The van der Waals surface area contributed by atoms with Crippen molar-refractivity contribution in [3.05, 3.63) is 101 Å². The van der Waals surface area contributed by atoms with Crippen LogP contribution in [0.15, 0.2) is 79.0 Å². The summed E-state index contributed by atoms with van der Waals surface area (Å²) in [6.45, 7) is 2.08. The van der Waals surface area contributed by atoms with Crippen molar-refractivity contribution in [2.45, 2.75) is 19.9 Å². The lowest BCUT2D eigenvalue weighted by atomic mass is 10.0. The summed E-state index contributed by atoms with van der Waals surface area (Å²) < 4.78 is 1.80. The van der Waals surface area contributed by atoms with Crippen LogP contribution in [-0.4, -0.2) is 22.5 Å². The van der Waals surface area contributed by atoms with Crippen molar-refractivity contribution in [2.24, 2.45) is 0 Å². The van der Waals surface area contributed by atoms with E-state index in [9.17, 15) is 14.4 Å². The summed E-state index contributed by atoms with van der Waals surface area (Å²) >= 11 is 0. The van der Waals surface area contributed by atoms with E-state index in [0.717, 1.165) is 29.2 Å². The first-order valence-corrected chi connectivity index (χ1v) is 10.2. The summed E-state index contributed by atoms with van der Waals surface area (Å²) in [6, 6.07) is 21.8. The highest BCUT2D eigenvalue weighted by Crippen LogP contribution is 2.25. The average molecular weight is 410 g/mol. The Morgan fingerprint density at radius 2 is 1.68 bits per heavy atom. The second kappa shape index (κ2) is 8.79. The summed E-state index contributed by atoms with van der Waals surface area (Å²) in [7, 11) is 0. The van der Waals surface area contributed by atoms with Gasteiger partial charge >= 0.3 is 0 Å². The highest BCUT2D eigenvalue weighted by Gasteiger charge is 2.17. The third-order valence-electron chi connectivity index (χ3n) is 5.32. The van der Waals surface area contributed by atoms with Crippen molar-refractivity contribution < 1.29 is 14.4 Å². The van der Waals surface area contributed by atoms with E-state index in [-0.39, 0.29) is 18.2 Å². The molecule has 5 heteroatoms. The Bertz CT molecular complexity index is 1270. The number of amides is 1. The minimum Gasteiger partial charge on any atom is -0.337 e. The number of nitrogens with zero attached hydrogens (tertiary/aromatic N) is 1. The van der Waals surface area contributed by atoms with Crippen LogP contribution < -0.4 is 5.32 Å². The number of para-hydroxylation sites is 2. The van der Waals surface area contributed by atoms with Crippen molar-refractivity contribution in [1.29, 1.82) is 0 Å². The van der Waals surface area contributed by atoms with E-state index in [2.05, 4.69) is 5.32 Å². The quantitative estimate of drug-likeness (QED) is 0.349. The van der Waals surface area contributed by atoms with Crippen molar-refractivity contribution in [1.82, 2.24) is 4.57 Å². The molecule has 0 radical (unpaired) electrons. The maximum Gasteiger partial charge on any atom is 0.244 e. The molecule has 0 unspecified atom stereocenters. The monoisotopic (exact) mass is 410 g/mol. The number of carbonyl (C=O) groups excluding carboxylic acids is 3. The molecule has 1 heterocycles. The van der Waals surface area contributed by atoms with Gasteiger partial charge in [0.25, 0.3) is 0 Å². The standard InChI is InChI=1S/C26H22N2O3/c1-2-18-11-8-13-21-20(17-29)15-28(25(18)21)16-24(30)27-23-14-7-6-12-22(23)26(31)19-9-4-3-5-10-19/h3-15,17H,2,16H2,1H3,(H,27,30). The van der Waals surface area contributed by atoms with Gasteiger partial charge in [0, 0.05) is 28.3 Å². The van der Waals surface area contributed by atoms with Gasteiger partial charge in [0.1, 0.15) is 6.54 Å². The zero-order valence-corrected chi connectivity index (χ0v) is 17.2. The van der Waals surface area contributed by atoms with Gasteiger partial charge in [-0.3, -0.25) is 14.4 Å². The number of nitrogens with one attached hydrogen (secondary N) is 1. The molecule has 5 nitrogen and oxygen atoms in total. The van der Waals surface area contributed by atoms with Gasteiger partial charge in [-0.1, -0.05) is 67.6 Å². The number of benzene rings is 3. The Morgan fingerprint density at radius 3 is 2.42 bits per heavy atom. The van der Waals surface area contributed by atoms with E-state index in [4.69, 9.17) is 0 Å². The van der Waals surface area contributed by atoms with Gasteiger partial charge in [0.05, 0.1) is 11.2 Å². The smallest absolute Gasteiger partial charge is 0.244 e. The number of hydrogen-bond donors (Lipinski definition) is 1. The Morgan fingerprint density at radius 1 is 0.935 bits per heavy atom. The third kappa shape index (κ3) is 4.03. The summed E-state index contributed by atoms with van der Waals surface area (Å²) in [5.74, 6) is -0.423. The predicted octanol–water partition coefficient (Wildman–Crippen LogP) is 4.89. The number of aldehydes is 1. The van der Waals surface area contributed by atoms with E-state index in [1.165, 1.54) is 0 Å². The van der Waals surface area contributed by atoms with Crippen molar-refractivity contribution in [3.63, 3.8) is 0 Å². The Kier molecular flexibility index (Phi) is 5.76. The number of hydrogen-bond acceptors (Lipinski definition) is 3. The first kappa shape index (κ1) is 20.3. The van der Waals surface area contributed by atoms with Crippen molar-refractivity contribution in [2.75, 3.05) is 5.32 Å². The fourth-order valence-corrected chi connectivity index (χ4v) is 3.85. The molecular formula is C26H22N2O3. The molecule has 0 atom stereocenters. The first-order chi connectivity index (χ1) is 15.1. The van der Waals surface area contributed by atoms with Gasteiger partial charge in [-0.15, -0.1) is 0 Å². The third-order valence-corrected chi connectivity index (χ3v) is 5.32. The molecule has 1 N–H and O–H groups in total. The van der Waals surface area contributed by atoms with E-state index in [1.807, 2.05) is 43.3 Å². The second-order valence-electron chi connectivity index (χ2n) is 7.29. The number of rotatable bonds is 7. The van der Waals surface area contributed by atoms with Crippen LogP contribution in [0.1, 0.15) is 38.8 Å². The number of carbonyl (C=O) groups is 3. The molecule has 154 valence electrons. The SMILES string of the molecule is CCc1cccc2c(C=O)cn(CC(=O)Nc3ccccc3C(=O)c3ccccc3)c12. The highest BCUT2D eigenvalue weighted by molar-refractivity contribution is 6.13. The van der Waals surface area contributed by atoms with Gasteiger partial charge in [-0.2, -0.15) is 0 Å². The second-order valence-corrected chi connectivity index (χ2v) is 7.29. The van der Waals surface area contributed by atoms with Crippen molar-refractivity contribution >= 4 is 34.6 Å². The highest BCUT2D eigenvalue weighted by atomic mass is 16.2. The van der Waals surface area contributed by atoms with Crippen LogP contribution in [0.4, 0.5) is 5.69 Å². The van der Waals surface area contributed by atoms with Gasteiger partial charge in [0.2, 0.25) is 5.91 Å². The fraction of sp³-hybridized carbons (Fsp3) is 0.115. The Hall–Kier alpha value is -3.99. The van der Waals surface area contributed by atoms with E-state index >= 15 is 0 Å². The summed E-state index contributed by atoms with van der Waals surface area (Å²) in [6.07, 6.45) is 3.30. The minimum atomic E-state index is -0.270. The number of anilines is 1. The number of aryl methyl sites for hydroxylation is 1. The summed E-state index contributed by atoms with van der Waals surface area (Å²) in [5.41, 5.74) is 3.96. The molecule has 31 heavy (non-hydrogen) atoms. The van der Waals surface area contributed by atoms with E-state index < -0.39 is 0 Å². The lowest BCUT2D eigenvalue weighted by molar-refractivity contribution is -0.116. The molecule has 0 aliphatic carbocycles. The zero-order valence-electron chi connectivity index (χ0n) is 17.2. The largest absolute Gasteiger partial charge is 0.337 e. The van der Waals surface area contributed by atoms with Gasteiger partial charge in [-0.25, -0.2) is 0 Å². The van der Waals surface area contributed by atoms with Crippen LogP contribution in [0.3, 0.4) is 0 Å². The molecule has 0 fully saturated rings. The lowest BCUT2D eigenvalue weighted by Crippen LogP contribution is -2.20. The first-order valence-electron chi connectivity index (χ1n) is 10.2. The molecule has 0 saturated heterocycles. The maximum absolute atomic E-state index is 12.9. The topological polar surface area (TPSA) is 68.2 Å². The van der Waals surface area contributed by atoms with Crippen LogP contribution >= 0.6 is 0 Å². The molecule has 1 aromatic heterocycles. The Labute approximate surface area is 180 Å². The normalized spacial score (nSPS) is 10.7. The molecule has 0 saturated carbocycles. The summed E-state index contributed by atoms with van der Waals surface area (Å²) in [4.78, 5) is 37.3. The van der Waals surface area contributed by atoms with Gasteiger partial charge in [0.15, 0.2) is 12.1 Å². The Balaban J connectivity index is 1.63. The zero-order chi connectivity index (χ0) is 21.8. The lowest BCUT2D eigenvalue weighted by Gasteiger charge is -2.12. The minimum absolute atomic E-state index is 0.0369. The van der Waals surface area contributed by atoms with Crippen LogP contribution in [0.25, 0.3) is 10.9 Å². The van der Waals surface area contributed by atoms with E-state index in [1.54, 1.807) is 47.2 Å². The van der Waals surface area contributed by atoms with Crippen molar-refractivity contribution in [3.8, 4) is 0 Å². The molecule has 1 amide bonds. The molecule has 0 bridgehead atoms. The number of aromatic nitrogens is 1. The average Bonchev–Trinajstić information content (AvgIpc) is 3.17. The fourth-order valence-electron chi connectivity index (χ4n) is 3.85. The van der Waals surface area contributed by atoms with Crippen LogP contribution in [0, 0.1) is 0 Å². The summed E-state index contributed by atoms with van der Waals surface area (Å²) in [5, 5.41) is 3.71. The van der Waals surface area contributed by atoms with Gasteiger partial charge in [-0.05, 0) is 24.1 Å². The van der Waals surface area contributed by atoms with Crippen LogP contribution in [-0.2, 0) is 17.8 Å². The predicted molar refractivity (Wildman–Crippen MR) is 122 cm³/mol. The molecule has 4 aromatic rings. The van der Waals surface area contributed by atoms with E-state index in [0.29, 0.717) is 22.4 Å².